The molecule has 0 aromatic rings. The van der Waals surface area contributed by atoms with E-state index < -0.39 is 0 Å². The van der Waals surface area contributed by atoms with Crippen molar-refractivity contribution in [2.24, 2.45) is 33.9 Å². The minimum absolute atomic E-state index is 0.301. The van der Waals surface area contributed by atoms with Crippen LogP contribution in [0.25, 0.3) is 0 Å². The number of alkyl halides is 1. The summed E-state index contributed by atoms with van der Waals surface area (Å²) in [5, 5.41) is 9.30. The average Bonchev–Trinajstić information content (AvgIpc) is 3.05. The monoisotopic (exact) mass is 252 g/mol. The number of rotatable bonds is 2. The Kier molecular flexibility index (Phi) is 2.34. The van der Waals surface area contributed by atoms with Crippen LogP contribution in [0.5, 0.6) is 0 Å². The molecule has 4 aliphatic rings. The van der Waals surface area contributed by atoms with E-state index in [1.54, 1.807) is 0 Å². The van der Waals surface area contributed by atoms with Crippen LogP contribution in [0.1, 0.15) is 51.4 Å². The molecule has 0 amide bonds. The van der Waals surface area contributed by atoms with Gasteiger partial charge in [0.15, 0.2) is 5.00 Å². The summed E-state index contributed by atoms with van der Waals surface area (Å²) < 4.78 is 0. The summed E-state index contributed by atoms with van der Waals surface area (Å²) in [6, 6.07) is 0.517. The molecule has 4 aliphatic carbocycles. The number of hydrogen-bond acceptors (Lipinski definition) is 2. The fraction of sp³-hybridized carbons (Fsp3) is 1.00. The maximum atomic E-state index is 6.69. The molecule has 94 valence electrons. The standard InChI is InChI=1S/C14H21ClN2/c15-14(8-10-2-4-12(14)6-10)17-16-13-7-9-1-3-11(13)5-9/h9-13H,1-8H2. The molecule has 0 saturated heterocycles. The van der Waals surface area contributed by atoms with Gasteiger partial charge in [-0.3, -0.25) is 0 Å². The molecule has 0 heterocycles. The van der Waals surface area contributed by atoms with Gasteiger partial charge in [0.1, 0.15) is 0 Å². The molecule has 0 aromatic carbocycles. The van der Waals surface area contributed by atoms with Gasteiger partial charge in [0.25, 0.3) is 0 Å². The van der Waals surface area contributed by atoms with Gasteiger partial charge in [0, 0.05) is 5.92 Å². The average molecular weight is 253 g/mol. The van der Waals surface area contributed by atoms with Gasteiger partial charge >= 0.3 is 0 Å². The van der Waals surface area contributed by atoms with E-state index in [4.69, 9.17) is 11.6 Å². The van der Waals surface area contributed by atoms with Crippen LogP contribution in [0.15, 0.2) is 10.2 Å². The lowest BCUT2D eigenvalue weighted by Crippen LogP contribution is -2.26. The smallest absolute Gasteiger partial charge is 0.157 e. The Hall–Kier alpha value is -0.110. The van der Waals surface area contributed by atoms with Crippen LogP contribution in [-0.2, 0) is 0 Å². The van der Waals surface area contributed by atoms with Crippen molar-refractivity contribution in [3.05, 3.63) is 0 Å². The van der Waals surface area contributed by atoms with Crippen LogP contribution in [0, 0.1) is 23.7 Å². The Morgan fingerprint density at radius 3 is 2.41 bits per heavy atom. The van der Waals surface area contributed by atoms with Gasteiger partial charge < -0.3 is 0 Å². The van der Waals surface area contributed by atoms with Gasteiger partial charge in [-0.15, -0.1) is 0 Å². The van der Waals surface area contributed by atoms with Gasteiger partial charge in [-0.05, 0) is 62.7 Å². The lowest BCUT2D eigenvalue weighted by molar-refractivity contribution is 0.339. The molecule has 0 N–H and O–H groups in total. The van der Waals surface area contributed by atoms with E-state index >= 15 is 0 Å². The van der Waals surface area contributed by atoms with Crippen LogP contribution in [0.4, 0.5) is 0 Å². The van der Waals surface area contributed by atoms with E-state index in [0.717, 1.165) is 24.2 Å². The highest BCUT2D eigenvalue weighted by Gasteiger charge is 2.51. The van der Waals surface area contributed by atoms with Gasteiger partial charge in [-0.1, -0.05) is 18.0 Å². The lowest BCUT2D eigenvalue weighted by Gasteiger charge is -2.27. The first kappa shape index (κ1) is 10.8. The first-order valence-corrected chi connectivity index (χ1v) is 7.72. The van der Waals surface area contributed by atoms with Crippen molar-refractivity contribution in [1.82, 2.24) is 0 Å². The van der Waals surface area contributed by atoms with E-state index in [-0.39, 0.29) is 5.00 Å². The molecule has 0 radical (unpaired) electrons. The van der Waals surface area contributed by atoms with E-state index in [1.807, 2.05) is 0 Å². The van der Waals surface area contributed by atoms with E-state index in [0.29, 0.717) is 12.0 Å². The maximum Gasteiger partial charge on any atom is 0.157 e. The van der Waals surface area contributed by atoms with Gasteiger partial charge in [0.2, 0.25) is 0 Å². The summed E-state index contributed by atoms with van der Waals surface area (Å²) in [4.78, 5) is -0.301. The molecular formula is C14H21ClN2. The molecule has 0 spiro atoms. The zero-order valence-electron chi connectivity index (χ0n) is 10.3. The van der Waals surface area contributed by atoms with Crippen molar-refractivity contribution in [3.63, 3.8) is 0 Å². The Morgan fingerprint density at radius 1 is 0.941 bits per heavy atom. The Labute approximate surface area is 108 Å². The third-order valence-corrected chi connectivity index (χ3v) is 6.35. The molecule has 4 rings (SSSR count). The largest absolute Gasteiger partial charge is 0.189 e. The van der Waals surface area contributed by atoms with Crippen molar-refractivity contribution < 1.29 is 0 Å². The van der Waals surface area contributed by atoms with Crippen molar-refractivity contribution in [2.75, 3.05) is 0 Å². The lowest BCUT2D eigenvalue weighted by atomic mass is 9.95. The molecule has 2 nitrogen and oxygen atoms in total. The SMILES string of the molecule is ClC1(N=NC2CC3CCC2C3)CC2CCC1C2. The Bertz CT molecular complexity index is 356. The minimum atomic E-state index is -0.301. The van der Waals surface area contributed by atoms with Crippen LogP contribution >= 0.6 is 11.6 Å². The minimum Gasteiger partial charge on any atom is -0.189 e. The van der Waals surface area contributed by atoms with Crippen molar-refractivity contribution in [3.8, 4) is 0 Å². The number of halogens is 1. The topological polar surface area (TPSA) is 24.7 Å². The first-order valence-electron chi connectivity index (χ1n) is 7.34. The molecule has 4 fully saturated rings. The summed E-state index contributed by atoms with van der Waals surface area (Å²) in [5.74, 6) is 3.26. The summed E-state index contributed by atoms with van der Waals surface area (Å²) in [6.07, 6.45) is 10.6. The van der Waals surface area contributed by atoms with Gasteiger partial charge in [-0.2, -0.15) is 10.2 Å². The molecule has 6 unspecified atom stereocenters. The van der Waals surface area contributed by atoms with E-state index in [1.165, 1.54) is 44.9 Å². The Morgan fingerprint density at radius 2 is 1.82 bits per heavy atom. The third kappa shape index (κ3) is 1.67. The molecule has 6 atom stereocenters. The second kappa shape index (κ2) is 3.69. The number of nitrogens with zero attached hydrogens (tertiary/aromatic N) is 2. The molecule has 4 bridgehead atoms. The second-order valence-electron chi connectivity index (χ2n) is 6.86. The highest BCUT2D eigenvalue weighted by atomic mass is 35.5. The zero-order chi connectivity index (χ0) is 11.5. The second-order valence-corrected chi connectivity index (χ2v) is 7.51. The van der Waals surface area contributed by atoms with E-state index in [9.17, 15) is 0 Å². The quantitative estimate of drug-likeness (QED) is 0.396. The predicted octanol–water partition coefficient (Wildman–Crippen LogP) is 4.38. The molecule has 3 heteroatoms. The summed E-state index contributed by atoms with van der Waals surface area (Å²) in [6.45, 7) is 0. The molecule has 0 aromatic heterocycles. The highest BCUT2D eigenvalue weighted by molar-refractivity contribution is 6.24. The maximum absolute atomic E-state index is 6.69. The molecule has 17 heavy (non-hydrogen) atoms. The number of hydrogen-bond donors (Lipinski definition) is 0. The summed E-state index contributed by atoms with van der Waals surface area (Å²) >= 11 is 6.69. The van der Waals surface area contributed by atoms with Crippen LogP contribution in [0.2, 0.25) is 0 Å². The molecule has 0 aliphatic heterocycles. The fourth-order valence-electron chi connectivity index (χ4n) is 4.88. The van der Waals surface area contributed by atoms with Gasteiger partial charge in [-0.25, -0.2) is 0 Å². The summed E-state index contributed by atoms with van der Waals surface area (Å²) in [5.41, 5.74) is 0. The third-order valence-electron chi connectivity index (χ3n) is 5.81. The van der Waals surface area contributed by atoms with Crippen molar-refractivity contribution in [2.45, 2.75) is 62.4 Å². The highest BCUT2D eigenvalue weighted by Crippen LogP contribution is 2.55. The number of fused-ring (bicyclic) bond motifs is 4. The van der Waals surface area contributed by atoms with Gasteiger partial charge in [0.05, 0.1) is 6.04 Å². The Balaban J connectivity index is 1.47. The van der Waals surface area contributed by atoms with E-state index in [2.05, 4.69) is 10.2 Å². The number of azo groups is 1. The normalized spacial score (nSPS) is 56.4. The molecular weight excluding hydrogens is 232 g/mol. The first-order chi connectivity index (χ1) is 8.23. The predicted molar refractivity (Wildman–Crippen MR) is 68.1 cm³/mol. The summed E-state index contributed by atoms with van der Waals surface area (Å²) in [7, 11) is 0. The zero-order valence-corrected chi connectivity index (χ0v) is 11.1. The van der Waals surface area contributed by atoms with Crippen LogP contribution in [0.3, 0.4) is 0 Å². The van der Waals surface area contributed by atoms with Crippen LogP contribution < -0.4 is 0 Å². The van der Waals surface area contributed by atoms with Crippen LogP contribution in [-0.4, -0.2) is 11.0 Å². The van der Waals surface area contributed by atoms with Crippen molar-refractivity contribution in [1.29, 1.82) is 0 Å². The molecule has 4 saturated carbocycles. The van der Waals surface area contributed by atoms with Crippen molar-refractivity contribution >= 4 is 11.6 Å². The fourth-order valence-corrected chi connectivity index (χ4v) is 5.34.